The van der Waals surface area contributed by atoms with Crippen LogP contribution < -0.4 is 0 Å². The van der Waals surface area contributed by atoms with Gasteiger partial charge in [-0.1, -0.05) is 39.3 Å². The minimum atomic E-state index is 0.277. The molecule has 1 heterocycles. The van der Waals surface area contributed by atoms with Crippen LogP contribution in [0.2, 0.25) is 5.15 Å². The summed E-state index contributed by atoms with van der Waals surface area (Å²) in [5.74, 6) is 0.592. The molecule has 2 nitrogen and oxygen atoms in total. The fourth-order valence-corrected chi connectivity index (χ4v) is 3.47. The van der Waals surface area contributed by atoms with Crippen LogP contribution in [-0.2, 0) is 0 Å². The standard InChI is InChI=1S/C12H14ClIN2/c1-6(2)9-8(5-15)12(13)16-11(7(3)4)10(9)14/h6-7H,1-4H3. The molecule has 0 amide bonds. The molecule has 0 aliphatic rings. The predicted octanol–water partition coefficient (Wildman–Crippen LogP) is 4.46. The maximum Gasteiger partial charge on any atom is 0.147 e. The molecule has 0 atom stereocenters. The summed E-state index contributed by atoms with van der Waals surface area (Å²) < 4.78 is 1.07. The highest BCUT2D eigenvalue weighted by Gasteiger charge is 2.20. The molecule has 0 aliphatic heterocycles. The third-order valence-corrected chi connectivity index (χ3v) is 3.80. The molecule has 0 unspecified atom stereocenters. The molecule has 0 radical (unpaired) electrons. The van der Waals surface area contributed by atoms with Crippen LogP contribution in [0, 0.1) is 14.9 Å². The van der Waals surface area contributed by atoms with Crippen molar-refractivity contribution in [2.45, 2.75) is 39.5 Å². The van der Waals surface area contributed by atoms with Gasteiger partial charge < -0.3 is 0 Å². The third kappa shape index (κ3) is 2.49. The Morgan fingerprint density at radius 1 is 1.25 bits per heavy atom. The maximum absolute atomic E-state index is 9.12. The fraction of sp³-hybridized carbons (Fsp3) is 0.500. The van der Waals surface area contributed by atoms with Crippen LogP contribution in [0.3, 0.4) is 0 Å². The van der Waals surface area contributed by atoms with Crippen molar-refractivity contribution in [3.05, 3.63) is 25.5 Å². The van der Waals surface area contributed by atoms with E-state index in [4.69, 9.17) is 16.9 Å². The van der Waals surface area contributed by atoms with Gasteiger partial charge in [-0.2, -0.15) is 5.26 Å². The van der Waals surface area contributed by atoms with E-state index in [1.165, 1.54) is 0 Å². The number of pyridine rings is 1. The molecule has 0 saturated carbocycles. The first-order valence-electron chi connectivity index (χ1n) is 5.19. The molecule has 0 aromatic carbocycles. The van der Waals surface area contributed by atoms with Crippen LogP contribution >= 0.6 is 34.2 Å². The zero-order valence-electron chi connectivity index (χ0n) is 9.81. The lowest BCUT2D eigenvalue weighted by Gasteiger charge is -2.17. The van der Waals surface area contributed by atoms with Gasteiger partial charge in [0.15, 0.2) is 0 Å². The molecule has 0 bridgehead atoms. The SMILES string of the molecule is CC(C)c1nc(Cl)c(C#N)c(C(C)C)c1I. The minimum Gasteiger partial charge on any atom is -0.238 e. The molecule has 1 aromatic heterocycles. The number of hydrogen-bond acceptors (Lipinski definition) is 2. The summed E-state index contributed by atoms with van der Waals surface area (Å²) in [5.41, 5.74) is 2.52. The fourth-order valence-electron chi connectivity index (χ4n) is 1.60. The van der Waals surface area contributed by atoms with Crippen molar-refractivity contribution in [3.8, 4) is 6.07 Å². The van der Waals surface area contributed by atoms with Gasteiger partial charge in [0.1, 0.15) is 11.2 Å². The molecule has 0 spiro atoms. The van der Waals surface area contributed by atoms with Crippen LogP contribution in [-0.4, -0.2) is 4.98 Å². The first-order chi connectivity index (χ1) is 7.40. The lowest BCUT2D eigenvalue weighted by Crippen LogP contribution is -2.07. The van der Waals surface area contributed by atoms with E-state index in [-0.39, 0.29) is 5.92 Å². The van der Waals surface area contributed by atoms with Crippen molar-refractivity contribution in [1.29, 1.82) is 5.26 Å². The largest absolute Gasteiger partial charge is 0.238 e. The van der Waals surface area contributed by atoms with Gasteiger partial charge in [-0.25, -0.2) is 4.98 Å². The van der Waals surface area contributed by atoms with Gasteiger partial charge >= 0.3 is 0 Å². The van der Waals surface area contributed by atoms with E-state index < -0.39 is 0 Å². The number of aromatic nitrogens is 1. The molecule has 4 heteroatoms. The van der Waals surface area contributed by atoms with Gasteiger partial charge in [0, 0.05) is 3.57 Å². The third-order valence-electron chi connectivity index (χ3n) is 2.39. The average molecular weight is 349 g/mol. The van der Waals surface area contributed by atoms with Gasteiger partial charge in [0.05, 0.1) is 11.3 Å². The summed E-state index contributed by atoms with van der Waals surface area (Å²) >= 11 is 8.32. The number of hydrogen-bond donors (Lipinski definition) is 0. The van der Waals surface area contributed by atoms with Crippen LogP contribution in [0.5, 0.6) is 0 Å². The minimum absolute atomic E-state index is 0.277. The van der Waals surface area contributed by atoms with Crippen molar-refractivity contribution in [3.63, 3.8) is 0 Å². The second kappa shape index (κ2) is 5.33. The summed E-state index contributed by atoms with van der Waals surface area (Å²) in [5, 5.41) is 9.45. The maximum atomic E-state index is 9.12. The van der Waals surface area contributed by atoms with Crippen LogP contribution in [0.1, 0.15) is 56.4 Å². The molecular formula is C12H14ClIN2. The highest BCUT2D eigenvalue weighted by Crippen LogP contribution is 2.33. The van der Waals surface area contributed by atoms with Gasteiger partial charge in [0.2, 0.25) is 0 Å². The van der Waals surface area contributed by atoms with E-state index in [0.29, 0.717) is 16.6 Å². The van der Waals surface area contributed by atoms with Gasteiger partial charge in [-0.05, 0) is 40.0 Å². The lowest BCUT2D eigenvalue weighted by molar-refractivity contribution is 0.785. The highest BCUT2D eigenvalue weighted by atomic mass is 127. The Bertz CT molecular complexity index is 447. The molecular weight excluding hydrogens is 335 g/mol. The molecule has 16 heavy (non-hydrogen) atoms. The Labute approximate surface area is 115 Å². The first kappa shape index (κ1) is 13.7. The van der Waals surface area contributed by atoms with E-state index in [2.05, 4.69) is 61.3 Å². The van der Waals surface area contributed by atoms with Crippen LogP contribution in [0.25, 0.3) is 0 Å². The Morgan fingerprint density at radius 3 is 2.19 bits per heavy atom. The Hall–Kier alpha value is -0.340. The number of nitriles is 1. The molecule has 0 saturated heterocycles. The number of nitrogens with zero attached hydrogens (tertiary/aromatic N) is 2. The smallest absolute Gasteiger partial charge is 0.147 e. The number of halogens is 2. The Kier molecular flexibility index (Phi) is 4.57. The molecule has 86 valence electrons. The molecule has 1 aromatic rings. The molecule has 0 N–H and O–H groups in total. The zero-order chi connectivity index (χ0) is 12.5. The van der Waals surface area contributed by atoms with Crippen LogP contribution in [0.4, 0.5) is 0 Å². The highest BCUT2D eigenvalue weighted by molar-refractivity contribution is 14.1. The quantitative estimate of drug-likeness (QED) is 0.584. The summed E-state index contributed by atoms with van der Waals surface area (Å²) in [6.45, 7) is 8.30. The van der Waals surface area contributed by atoms with Gasteiger partial charge in [-0.3, -0.25) is 0 Å². The molecule has 0 fully saturated rings. The summed E-state index contributed by atoms with van der Waals surface area (Å²) in [6, 6.07) is 2.15. The lowest BCUT2D eigenvalue weighted by atomic mass is 9.96. The number of rotatable bonds is 2. The van der Waals surface area contributed by atoms with Crippen molar-refractivity contribution in [2.24, 2.45) is 0 Å². The zero-order valence-corrected chi connectivity index (χ0v) is 12.7. The summed E-state index contributed by atoms with van der Waals surface area (Å²) in [7, 11) is 0. The second-order valence-corrected chi connectivity index (χ2v) is 5.75. The van der Waals surface area contributed by atoms with E-state index in [1.807, 2.05) is 0 Å². The second-order valence-electron chi connectivity index (χ2n) is 4.31. The van der Waals surface area contributed by atoms with E-state index >= 15 is 0 Å². The van der Waals surface area contributed by atoms with Gasteiger partial charge in [0.25, 0.3) is 0 Å². The Balaban J connectivity index is 3.61. The van der Waals surface area contributed by atoms with E-state index in [9.17, 15) is 0 Å². The predicted molar refractivity (Wildman–Crippen MR) is 74.9 cm³/mol. The monoisotopic (exact) mass is 348 g/mol. The molecule has 1 rings (SSSR count). The average Bonchev–Trinajstić information content (AvgIpc) is 2.19. The summed E-state index contributed by atoms with van der Waals surface area (Å²) in [4.78, 5) is 4.32. The van der Waals surface area contributed by atoms with Crippen molar-refractivity contribution in [2.75, 3.05) is 0 Å². The van der Waals surface area contributed by atoms with E-state index in [0.717, 1.165) is 14.8 Å². The summed E-state index contributed by atoms with van der Waals surface area (Å²) in [6.07, 6.45) is 0. The van der Waals surface area contributed by atoms with Crippen LogP contribution in [0.15, 0.2) is 0 Å². The van der Waals surface area contributed by atoms with Crippen molar-refractivity contribution in [1.82, 2.24) is 4.98 Å². The van der Waals surface area contributed by atoms with E-state index in [1.54, 1.807) is 0 Å². The molecule has 0 aliphatic carbocycles. The topological polar surface area (TPSA) is 36.7 Å². The van der Waals surface area contributed by atoms with Gasteiger partial charge in [-0.15, -0.1) is 0 Å². The first-order valence-corrected chi connectivity index (χ1v) is 6.64. The van der Waals surface area contributed by atoms with Crippen molar-refractivity contribution < 1.29 is 0 Å². The normalized spacial score (nSPS) is 10.9. The van der Waals surface area contributed by atoms with Crippen molar-refractivity contribution >= 4 is 34.2 Å². The Morgan fingerprint density at radius 2 is 1.81 bits per heavy atom.